The molecule has 1 rings (SSSR count). The lowest BCUT2D eigenvalue weighted by Crippen LogP contribution is -2.35. The molecule has 0 aromatic carbocycles. The first-order valence-corrected chi connectivity index (χ1v) is 7.87. The van der Waals surface area contributed by atoms with Crippen molar-refractivity contribution in [3.8, 4) is 0 Å². The molecule has 0 radical (unpaired) electrons. The van der Waals surface area contributed by atoms with Crippen LogP contribution in [0.1, 0.15) is 65.1 Å². The zero-order valence-corrected chi connectivity index (χ0v) is 13.7. The van der Waals surface area contributed by atoms with Gasteiger partial charge in [-0.2, -0.15) is 0 Å². The molecule has 120 valence electrons. The smallest absolute Gasteiger partial charge is 0.242 e. The van der Waals surface area contributed by atoms with Crippen LogP contribution in [-0.2, 0) is 11.3 Å². The van der Waals surface area contributed by atoms with Gasteiger partial charge < -0.3 is 11.1 Å². The van der Waals surface area contributed by atoms with Gasteiger partial charge in [-0.25, -0.2) is 4.68 Å². The van der Waals surface area contributed by atoms with E-state index < -0.39 is 0 Å². The first-order valence-electron chi connectivity index (χ1n) is 7.87. The van der Waals surface area contributed by atoms with Crippen LogP contribution in [0.5, 0.6) is 0 Å². The van der Waals surface area contributed by atoms with Gasteiger partial charge in [-0.05, 0) is 25.7 Å². The summed E-state index contributed by atoms with van der Waals surface area (Å²) in [5, 5.41) is 10.9. The van der Waals surface area contributed by atoms with Crippen molar-refractivity contribution in [3.63, 3.8) is 0 Å². The van der Waals surface area contributed by atoms with Crippen molar-refractivity contribution in [2.45, 2.75) is 72.0 Å². The molecule has 0 saturated carbocycles. The predicted molar refractivity (Wildman–Crippen MR) is 83.5 cm³/mol. The highest BCUT2D eigenvalue weighted by atomic mass is 16.2. The van der Waals surface area contributed by atoms with Crippen molar-refractivity contribution < 1.29 is 4.79 Å². The van der Waals surface area contributed by atoms with Gasteiger partial charge in [0.2, 0.25) is 5.91 Å². The van der Waals surface area contributed by atoms with Gasteiger partial charge in [0.25, 0.3) is 0 Å². The van der Waals surface area contributed by atoms with Crippen molar-refractivity contribution in [3.05, 3.63) is 11.9 Å². The van der Waals surface area contributed by atoms with Crippen LogP contribution in [0.4, 0.5) is 0 Å². The molecular weight excluding hydrogens is 266 g/mol. The predicted octanol–water partition coefficient (Wildman–Crippen LogP) is 2.02. The number of amides is 1. The Bertz CT molecular complexity index is 429. The van der Waals surface area contributed by atoms with Gasteiger partial charge >= 0.3 is 0 Å². The molecule has 6 heteroatoms. The summed E-state index contributed by atoms with van der Waals surface area (Å²) in [5.41, 5.74) is 6.61. The van der Waals surface area contributed by atoms with Crippen molar-refractivity contribution in [1.82, 2.24) is 20.3 Å². The van der Waals surface area contributed by atoms with Gasteiger partial charge in [0, 0.05) is 6.04 Å². The Labute approximate surface area is 127 Å². The van der Waals surface area contributed by atoms with Crippen LogP contribution in [0, 0.1) is 5.92 Å². The van der Waals surface area contributed by atoms with E-state index in [-0.39, 0.29) is 24.5 Å². The van der Waals surface area contributed by atoms with E-state index in [1.165, 1.54) is 6.42 Å². The molecule has 1 amide bonds. The minimum Gasteiger partial charge on any atom is -0.352 e. The van der Waals surface area contributed by atoms with Crippen LogP contribution in [0.3, 0.4) is 0 Å². The summed E-state index contributed by atoms with van der Waals surface area (Å²) in [6.07, 6.45) is 5.89. The van der Waals surface area contributed by atoms with E-state index in [0.717, 1.165) is 25.0 Å². The first kappa shape index (κ1) is 17.6. The van der Waals surface area contributed by atoms with Gasteiger partial charge in [-0.1, -0.05) is 38.8 Å². The second kappa shape index (κ2) is 8.77. The summed E-state index contributed by atoms with van der Waals surface area (Å²) in [5.74, 6) is 0.679. The molecular formula is C15H29N5O. The third kappa shape index (κ3) is 6.71. The lowest BCUT2D eigenvalue weighted by Gasteiger charge is -2.14. The largest absolute Gasteiger partial charge is 0.352 e. The quantitative estimate of drug-likeness (QED) is 0.730. The summed E-state index contributed by atoms with van der Waals surface area (Å²) < 4.78 is 1.54. The highest BCUT2D eigenvalue weighted by Gasteiger charge is 2.12. The zero-order chi connectivity index (χ0) is 15.8. The van der Waals surface area contributed by atoms with Crippen molar-refractivity contribution in [1.29, 1.82) is 0 Å². The number of hydrogen-bond acceptors (Lipinski definition) is 4. The Morgan fingerprint density at radius 3 is 2.71 bits per heavy atom. The van der Waals surface area contributed by atoms with Crippen LogP contribution in [0.15, 0.2) is 6.20 Å². The molecule has 0 aliphatic heterocycles. The maximum Gasteiger partial charge on any atom is 0.242 e. The molecule has 0 spiro atoms. The van der Waals surface area contributed by atoms with Crippen molar-refractivity contribution in [2.24, 2.45) is 11.7 Å². The van der Waals surface area contributed by atoms with E-state index >= 15 is 0 Å². The second-order valence-electron chi connectivity index (χ2n) is 6.15. The Balaban J connectivity index is 2.34. The van der Waals surface area contributed by atoms with Gasteiger partial charge in [-0.15, -0.1) is 5.10 Å². The molecule has 6 nitrogen and oxygen atoms in total. The monoisotopic (exact) mass is 295 g/mol. The number of carbonyl (C=O) groups excluding carboxylic acids is 1. The standard InChI is InChI=1S/C15H29N5O/c1-5-13(16)14-9-20(19-18-14)10-15(21)17-12(4)8-6-7-11(2)3/h9,11-13H,5-8,10,16H2,1-4H3,(H,17,21). The fraction of sp³-hybridized carbons (Fsp3) is 0.800. The molecule has 2 atom stereocenters. The maximum atomic E-state index is 11.9. The fourth-order valence-electron chi connectivity index (χ4n) is 2.14. The van der Waals surface area contributed by atoms with Crippen LogP contribution >= 0.6 is 0 Å². The molecule has 1 aromatic rings. The fourth-order valence-corrected chi connectivity index (χ4v) is 2.14. The van der Waals surface area contributed by atoms with Crippen LogP contribution in [-0.4, -0.2) is 26.9 Å². The topological polar surface area (TPSA) is 85.8 Å². The number of carbonyl (C=O) groups is 1. The Hall–Kier alpha value is -1.43. The third-order valence-corrected chi connectivity index (χ3v) is 3.51. The Kier molecular flexibility index (Phi) is 7.36. The summed E-state index contributed by atoms with van der Waals surface area (Å²) in [4.78, 5) is 11.9. The van der Waals surface area contributed by atoms with Gasteiger partial charge in [0.05, 0.1) is 17.9 Å². The molecule has 3 N–H and O–H groups in total. The summed E-state index contributed by atoms with van der Waals surface area (Å²) >= 11 is 0. The van der Waals surface area contributed by atoms with Gasteiger partial charge in [0.15, 0.2) is 0 Å². The summed E-state index contributed by atoms with van der Waals surface area (Å²) in [6.45, 7) is 8.66. The van der Waals surface area contributed by atoms with Gasteiger partial charge in [0.1, 0.15) is 6.54 Å². The number of aromatic nitrogens is 3. The number of nitrogens with one attached hydrogen (secondary N) is 1. The molecule has 0 saturated heterocycles. The van der Waals surface area contributed by atoms with Crippen LogP contribution in [0.25, 0.3) is 0 Å². The lowest BCUT2D eigenvalue weighted by molar-refractivity contribution is -0.122. The third-order valence-electron chi connectivity index (χ3n) is 3.51. The number of rotatable bonds is 9. The summed E-state index contributed by atoms with van der Waals surface area (Å²) in [6, 6.07) is 0.0777. The average molecular weight is 295 g/mol. The highest BCUT2D eigenvalue weighted by molar-refractivity contribution is 5.75. The normalized spacial score (nSPS) is 14.2. The molecule has 1 heterocycles. The second-order valence-corrected chi connectivity index (χ2v) is 6.15. The molecule has 0 aliphatic rings. The minimum atomic E-state index is -0.114. The first-order chi connectivity index (χ1) is 9.92. The Morgan fingerprint density at radius 1 is 1.38 bits per heavy atom. The van der Waals surface area contributed by atoms with E-state index in [0.29, 0.717) is 5.92 Å². The highest BCUT2D eigenvalue weighted by Crippen LogP contribution is 2.09. The Morgan fingerprint density at radius 2 is 2.10 bits per heavy atom. The van der Waals surface area contributed by atoms with E-state index in [4.69, 9.17) is 5.73 Å². The van der Waals surface area contributed by atoms with Crippen LogP contribution in [0.2, 0.25) is 0 Å². The van der Waals surface area contributed by atoms with Crippen molar-refractivity contribution in [2.75, 3.05) is 0 Å². The molecule has 0 fully saturated rings. The molecule has 2 unspecified atom stereocenters. The minimum absolute atomic E-state index is 0.0337. The van der Waals surface area contributed by atoms with Crippen LogP contribution < -0.4 is 11.1 Å². The molecule has 0 bridgehead atoms. The number of nitrogens with zero attached hydrogens (tertiary/aromatic N) is 3. The maximum absolute atomic E-state index is 11.9. The van der Waals surface area contributed by atoms with E-state index in [9.17, 15) is 4.79 Å². The van der Waals surface area contributed by atoms with E-state index in [2.05, 4.69) is 29.5 Å². The molecule has 1 aromatic heterocycles. The van der Waals surface area contributed by atoms with Gasteiger partial charge in [-0.3, -0.25) is 4.79 Å². The van der Waals surface area contributed by atoms with E-state index in [1.54, 1.807) is 10.9 Å². The molecule has 0 aliphatic carbocycles. The number of hydrogen-bond donors (Lipinski definition) is 2. The summed E-state index contributed by atoms with van der Waals surface area (Å²) in [7, 11) is 0. The van der Waals surface area contributed by atoms with E-state index in [1.807, 2.05) is 13.8 Å². The zero-order valence-electron chi connectivity index (χ0n) is 13.7. The van der Waals surface area contributed by atoms with Crippen molar-refractivity contribution >= 4 is 5.91 Å². The molecule has 21 heavy (non-hydrogen) atoms. The SMILES string of the molecule is CCC(N)c1cn(CC(=O)NC(C)CCCC(C)C)nn1. The lowest BCUT2D eigenvalue weighted by atomic mass is 10.0. The number of nitrogens with two attached hydrogens (primary N) is 1. The average Bonchev–Trinajstić information content (AvgIpc) is 2.85.